The standard InChI is InChI=1S/C23H29N3O2/c1-3-17(2)24-16-10-4-5-15-22(27)26-20-13-8-6-11-18(20)23(28)25-19-12-7-9-14-21(19)26/h6-9,11-14,17,24H,3-5,10,15-16H2,1-2H3,(H,25,28). The number of fused-ring (bicyclic) bond motifs is 2. The molecule has 1 atom stereocenters. The Bertz CT molecular complexity index is 834. The molecule has 0 fully saturated rings. The molecular weight excluding hydrogens is 350 g/mol. The summed E-state index contributed by atoms with van der Waals surface area (Å²) >= 11 is 0. The smallest absolute Gasteiger partial charge is 0.257 e. The molecule has 1 heterocycles. The van der Waals surface area contributed by atoms with Gasteiger partial charge in [-0.05, 0) is 57.0 Å². The molecule has 2 amide bonds. The first-order valence-corrected chi connectivity index (χ1v) is 10.2. The van der Waals surface area contributed by atoms with E-state index in [0.29, 0.717) is 29.4 Å². The van der Waals surface area contributed by atoms with Crippen LogP contribution in [0, 0.1) is 0 Å². The van der Waals surface area contributed by atoms with Gasteiger partial charge in [-0.25, -0.2) is 0 Å². The molecule has 0 bridgehead atoms. The lowest BCUT2D eigenvalue weighted by Crippen LogP contribution is -2.27. The van der Waals surface area contributed by atoms with Gasteiger partial charge in [-0.15, -0.1) is 0 Å². The summed E-state index contributed by atoms with van der Waals surface area (Å²) in [6.45, 7) is 5.34. The Kier molecular flexibility index (Phi) is 6.82. The van der Waals surface area contributed by atoms with Crippen LogP contribution in [-0.2, 0) is 4.79 Å². The van der Waals surface area contributed by atoms with Crippen LogP contribution in [0.25, 0.3) is 0 Å². The molecule has 0 saturated heterocycles. The van der Waals surface area contributed by atoms with Crippen molar-refractivity contribution >= 4 is 28.9 Å². The van der Waals surface area contributed by atoms with E-state index in [1.165, 1.54) is 0 Å². The number of rotatable bonds is 8. The number of hydrogen-bond donors (Lipinski definition) is 2. The summed E-state index contributed by atoms with van der Waals surface area (Å²) in [7, 11) is 0. The molecule has 2 aromatic carbocycles. The van der Waals surface area contributed by atoms with Gasteiger partial charge in [-0.2, -0.15) is 0 Å². The lowest BCUT2D eigenvalue weighted by molar-refractivity contribution is -0.118. The molecule has 2 aromatic rings. The van der Waals surface area contributed by atoms with Crippen molar-refractivity contribution in [2.75, 3.05) is 16.8 Å². The highest BCUT2D eigenvalue weighted by Crippen LogP contribution is 2.38. The Morgan fingerprint density at radius 2 is 1.75 bits per heavy atom. The summed E-state index contributed by atoms with van der Waals surface area (Å²) in [6.07, 6.45) is 4.48. The summed E-state index contributed by atoms with van der Waals surface area (Å²) in [5.41, 5.74) is 2.55. The van der Waals surface area contributed by atoms with Gasteiger partial charge in [-0.1, -0.05) is 37.6 Å². The van der Waals surface area contributed by atoms with Crippen LogP contribution in [0.5, 0.6) is 0 Å². The van der Waals surface area contributed by atoms with E-state index >= 15 is 0 Å². The molecule has 5 nitrogen and oxygen atoms in total. The van der Waals surface area contributed by atoms with Crippen LogP contribution in [0.15, 0.2) is 48.5 Å². The predicted molar refractivity (Wildman–Crippen MR) is 114 cm³/mol. The third-order valence-corrected chi connectivity index (χ3v) is 5.20. The highest BCUT2D eigenvalue weighted by atomic mass is 16.2. The minimum absolute atomic E-state index is 0.0197. The lowest BCUT2D eigenvalue weighted by atomic mass is 10.1. The maximum atomic E-state index is 13.1. The second-order valence-electron chi connectivity index (χ2n) is 7.29. The molecule has 1 unspecified atom stereocenters. The number of carbonyl (C=O) groups is 2. The Morgan fingerprint density at radius 3 is 2.54 bits per heavy atom. The van der Waals surface area contributed by atoms with Crippen LogP contribution in [0.2, 0.25) is 0 Å². The quantitative estimate of drug-likeness (QED) is 0.644. The van der Waals surface area contributed by atoms with Gasteiger partial charge in [0.25, 0.3) is 5.91 Å². The summed E-state index contributed by atoms with van der Waals surface area (Å²) < 4.78 is 0. The number of hydrogen-bond acceptors (Lipinski definition) is 3. The van der Waals surface area contributed by atoms with Gasteiger partial charge in [0.1, 0.15) is 0 Å². The van der Waals surface area contributed by atoms with Crippen molar-refractivity contribution in [3.05, 3.63) is 54.1 Å². The zero-order chi connectivity index (χ0) is 19.9. The highest BCUT2D eigenvalue weighted by Gasteiger charge is 2.28. The molecule has 0 spiro atoms. The van der Waals surface area contributed by atoms with Gasteiger partial charge in [-0.3, -0.25) is 14.5 Å². The number of nitrogens with one attached hydrogen (secondary N) is 2. The Labute approximate surface area is 167 Å². The van der Waals surface area contributed by atoms with Gasteiger partial charge in [0.15, 0.2) is 0 Å². The average molecular weight is 380 g/mol. The van der Waals surface area contributed by atoms with E-state index in [2.05, 4.69) is 24.5 Å². The number of benzene rings is 2. The summed E-state index contributed by atoms with van der Waals surface area (Å²) in [5.74, 6) is -0.166. The third kappa shape index (κ3) is 4.60. The molecular formula is C23H29N3O2. The topological polar surface area (TPSA) is 61.4 Å². The summed E-state index contributed by atoms with van der Waals surface area (Å²) in [5, 5.41) is 6.40. The van der Waals surface area contributed by atoms with E-state index in [1.54, 1.807) is 11.0 Å². The second kappa shape index (κ2) is 9.51. The van der Waals surface area contributed by atoms with Gasteiger partial charge < -0.3 is 10.6 Å². The molecule has 0 saturated carbocycles. The molecule has 2 N–H and O–H groups in total. The van der Waals surface area contributed by atoms with Crippen LogP contribution < -0.4 is 15.5 Å². The van der Waals surface area contributed by atoms with Gasteiger partial charge >= 0.3 is 0 Å². The Morgan fingerprint density at radius 1 is 1.04 bits per heavy atom. The molecule has 0 aromatic heterocycles. The van der Waals surface area contributed by atoms with E-state index in [9.17, 15) is 9.59 Å². The van der Waals surface area contributed by atoms with Crippen molar-refractivity contribution in [2.45, 2.75) is 52.0 Å². The summed E-state index contributed by atoms with van der Waals surface area (Å²) in [6, 6.07) is 15.3. The van der Waals surface area contributed by atoms with Crippen molar-refractivity contribution in [1.82, 2.24) is 5.32 Å². The first kappa shape index (κ1) is 20.1. The minimum Gasteiger partial charge on any atom is -0.320 e. The zero-order valence-corrected chi connectivity index (χ0v) is 16.7. The Hall–Kier alpha value is -2.66. The molecule has 5 heteroatoms. The van der Waals surface area contributed by atoms with E-state index in [-0.39, 0.29) is 11.8 Å². The number of unbranched alkanes of at least 4 members (excludes halogenated alkanes) is 2. The van der Waals surface area contributed by atoms with E-state index < -0.39 is 0 Å². The minimum atomic E-state index is -0.186. The zero-order valence-electron chi connectivity index (χ0n) is 16.7. The molecule has 3 rings (SSSR count). The molecule has 1 aliphatic heterocycles. The monoisotopic (exact) mass is 379 g/mol. The molecule has 0 aliphatic carbocycles. The second-order valence-corrected chi connectivity index (χ2v) is 7.29. The third-order valence-electron chi connectivity index (χ3n) is 5.20. The summed E-state index contributed by atoms with van der Waals surface area (Å²) in [4.78, 5) is 27.4. The van der Waals surface area contributed by atoms with E-state index in [4.69, 9.17) is 0 Å². The Balaban J connectivity index is 1.71. The van der Waals surface area contributed by atoms with Crippen LogP contribution in [-0.4, -0.2) is 24.4 Å². The maximum Gasteiger partial charge on any atom is 0.257 e. The lowest BCUT2D eigenvalue weighted by Gasteiger charge is -2.24. The highest BCUT2D eigenvalue weighted by molar-refractivity contribution is 6.17. The van der Waals surface area contributed by atoms with Crippen molar-refractivity contribution in [2.24, 2.45) is 0 Å². The number of carbonyl (C=O) groups excluding carboxylic acids is 2. The first-order valence-electron chi connectivity index (χ1n) is 10.2. The molecule has 28 heavy (non-hydrogen) atoms. The normalized spacial score (nSPS) is 13.9. The van der Waals surface area contributed by atoms with Crippen LogP contribution in [0.4, 0.5) is 17.1 Å². The first-order chi connectivity index (χ1) is 13.6. The van der Waals surface area contributed by atoms with Crippen LogP contribution in [0.1, 0.15) is 56.3 Å². The average Bonchev–Trinajstić information content (AvgIpc) is 2.84. The SMILES string of the molecule is CCC(C)NCCCCCC(=O)N1c2ccccc2NC(=O)c2ccccc21. The number of amides is 2. The van der Waals surface area contributed by atoms with Crippen molar-refractivity contribution in [3.63, 3.8) is 0 Å². The van der Waals surface area contributed by atoms with E-state index in [0.717, 1.165) is 37.9 Å². The van der Waals surface area contributed by atoms with Gasteiger partial charge in [0.2, 0.25) is 5.91 Å². The van der Waals surface area contributed by atoms with Gasteiger partial charge in [0, 0.05) is 12.5 Å². The number of para-hydroxylation sites is 3. The fraction of sp³-hybridized carbons (Fsp3) is 0.391. The predicted octanol–water partition coefficient (Wildman–Crippen LogP) is 4.87. The van der Waals surface area contributed by atoms with Crippen molar-refractivity contribution in [3.8, 4) is 0 Å². The molecule has 0 radical (unpaired) electrons. The largest absolute Gasteiger partial charge is 0.320 e. The molecule has 148 valence electrons. The van der Waals surface area contributed by atoms with Crippen LogP contribution >= 0.6 is 0 Å². The fourth-order valence-corrected chi connectivity index (χ4v) is 3.41. The van der Waals surface area contributed by atoms with Gasteiger partial charge in [0.05, 0.1) is 22.6 Å². The van der Waals surface area contributed by atoms with E-state index in [1.807, 2.05) is 42.5 Å². The molecule has 1 aliphatic rings. The van der Waals surface area contributed by atoms with Crippen molar-refractivity contribution in [1.29, 1.82) is 0 Å². The maximum absolute atomic E-state index is 13.1. The van der Waals surface area contributed by atoms with Crippen molar-refractivity contribution < 1.29 is 9.59 Å². The van der Waals surface area contributed by atoms with Crippen LogP contribution in [0.3, 0.4) is 0 Å². The number of nitrogens with zero attached hydrogens (tertiary/aromatic N) is 1. The number of anilines is 3. The fourth-order valence-electron chi connectivity index (χ4n) is 3.41.